The summed E-state index contributed by atoms with van der Waals surface area (Å²) in [4.78, 5) is 0. The zero-order valence-corrected chi connectivity index (χ0v) is 7.89. The van der Waals surface area contributed by atoms with Gasteiger partial charge >= 0.3 is 0 Å². The van der Waals surface area contributed by atoms with E-state index in [1.54, 1.807) is 0 Å². The van der Waals surface area contributed by atoms with Crippen LogP contribution in [0.25, 0.3) is 0 Å². The summed E-state index contributed by atoms with van der Waals surface area (Å²) < 4.78 is 38.0. The highest BCUT2D eigenvalue weighted by Gasteiger charge is 2.26. The molecule has 0 amide bonds. The maximum Gasteiger partial charge on any atom is 0.267 e. The highest BCUT2D eigenvalue weighted by atomic mass is 19.3. The first-order valence-corrected chi connectivity index (χ1v) is 4.13. The maximum atomic E-state index is 13.0. The number of hydrogen-bond acceptors (Lipinski definition) is 1. The molecule has 0 saturated heterocycles. The molecule has 0 spiro atoms. The Kier molecular flexibility index (Phi) is 2.85. The molecule has 0 aromatic heterocycles. The standard InChI is InChI=1S/C10H11F3O/c1-10(2,14)6-4-3-5-7(11)8(6)9(12)13/h3-5,9,14H,1-2H3. The maximum absolute atomic E-state index is 13.0. The van der Waals surface area contributed by atoms with Gasteiger partial charge in [0.1, 0.15) is 5.82 Å². The zero-order chi connectivity index (χ0) is 10.9. The topological polar surface area (TPSA) is 20.2 Å². The van der Waals surface area contributed by atoms with E-state index in [2.05, 4.69) is 0 Å². The van der Waals surface area contributed by atoms with Crippen LogP contribution in [0, 0.1) is 5.82 Å². The van der Waals surface area contributed by atoms with Crippen LogP contribution < -0.4 is 0 Å². The Labute approximate surface area is 80.2 Å². The van der Waals surface area contributed by atoms with Gasteiger partial charge in [-0.15, -0.1) is 0 Å². The molecule has 0 radical (unpaired) electrons. The lowest BCUT2D eigenvalue weighted by atomic mass is 9.93. The molecule has 1 rings (SSSR count). The molecule has 0 fully saturated rings. The number of hydrogen-bond donors (Lipinski definition) is 1. The first-order chi connectivity index (χ1) is 6.34. The summed E-state index contributed by atoms with van der Waals surface area (Å²) >= 11 is 0. The van der Waals surface area contributed by atoms with Crippen molar-refractivity contribution in [1.29, 1.82) is 0 Å². The lowest BCUT2D eigenvalue weighted by molar-refractivity contribution is 0.0687. The van der Waals surface area contributed by atoms with Crippen molar-refractivity contribution in [3.63, 3.8) is 0 Å². The van der Waals surface area contributed by atoms with Crippen LogP contribution in [0.5, 0.6) is 0 Å². The molecular weight excluding hydrogens is 193 g/mol. The van der Waals surface area contributed by atoms with Gasteiger partial charge in [-0.1, -0.05) is 12.1 Å². The molecule has 1 nitrogen and oxygen atoms in total. The van der Waals surface area contributed by atoms with Gasteiger partial charge in [-0.2, -0.15) is 0 Å². The summed E-state index contributed by atoms with van der Waals surface area (Å²) in [6, 6.07) is 3.55. The minimum atomic E-state index is -2.92. The predicted octanol–water partition coefficient (Wildman–Crippen LogP) is 2.99. The van der Waals surface area contributed by atoms with Crippen LogP contribution in [-0.2, 0) is 5.60 Å². The fraction of sp³-hybridized carbons (Fsp3) is 0.400. The van der Waals surface area contributed by atoms with E-state index in [9.17, 15) is 18.3 Å². The Morgan fingerprint density at radius 3 is 2.21 bits per heavy atom. The van der Waals surface area contributed by atoms with Crippen molar-refractivity contribution in [3.8, 4) is 0 Å². The van der Waals surface area contributed by atoms with Gasteiger partial charge in [-0.25, -0.2) is 13.2 Å². The first kappa shape index (κ1) is 11.0. The van der Waals surface area contributed by atoms with Gasteiger partial charge in [-0.3, -0.25) is 0 Å². The monoisotopic (exact) mass is 204 g/mol. The van der Waals surface area contributed by atoms with Crippen LogP contribution in [-0.4, -0.2) is 5.11 Å². The Morgan fingerprint density at radius 2 is 1.86 bits per heavy atom. The molecular formula is C10H11F3O. The van der Waals surface area contributed by atoms with Gasteiger partial charge in [0.2, 0.25) is 0 Å². The fourth-order valence-corrected chi connectivity index (χ4v) is 1.29. The van der Waals surface area contributed by atoms with Crippen molar-refractivity contribution in [2.24, 2.45) is 0 Å². The second-order valence-electron chi connectivity index (χ2n) is 3.56. The van der Waals surface area contributed by atoms with E-state index in [1.165, 1.54) is 26.0 Å². The smallest absolute Gasteiger partial charge is 0.267 e. The lowest BCUT2D eigenvalue weighted by Gasteiger charge is -2.21. The van der Waals surface area contributed by atoms with E-state index < -0.39 is 23.4 Å². The van der Waals surface area contributed by atoms with E-state index >= 15 is 0 Å². The minimum Gasteiger partial charge on any atom is -0.386 e. The highest BCUT2D eigenvalue weighted by Crippen LogP contribution is 2.32. The molecule has 0 unspecified atom stereocenters. The Hall–Kier alpha value is -1.03. The molecule has 1 aromatic carbocycles. The normalized spacial score (nSPS) is 12.2. The Balaban J connectivity index is 3.36. The molecule has 0 atom stereocenters. The number of aliphatic hydroxyl groups is 1. The van der Waals surface area contributed by atoms with Crippen LogP contribution in [0.1, 0.15) is 31.4 Å². The summed E-state index contributed by atoms with van der Waals surface area (Å²) in [6.45, 7) is 2.68. The fourth-order valence-electron chi connectivity index (χ4n) is 1.29. The SMILES string of the molecule is CC(C)(O)c1cccc(F)c1C(F)F. The van der Waals surface area contributed by atoms with Gasteiger partial charge in [0, 0.05) is 0 Å². The van der Waals surface area contributed by atoms with Crippen molar-refractivity contribution in [2.75, 3.05) is 0 Å². The Morgan fingerprint density at radius 1 is 1.29 bits per heavy atom. The molecule has 14 heavy (non-hydrogen) atoms. The van der Waals surface area contributed by atoms with Crippen LogP contribution >= 0.6 is 0 Å². The molecule has 1 aromatic rings. The summed E-state index contributed by atoms with van der Waals surface area (Å²) in [5.41, 5.74) is -2.26. The zero-order valence-electron chi connectivity index (χ0n) is 7.89. The van der Waals surface area contributed by atoms with Crippen LogP contribution in [0.3, 0.4) is 0 Å². The lowest BCUT2D eigenvalue weighted by Crippen LogP contribution is -2.19. The molecule has 1 N–H and O–H groups in total. The highest BCUT2D eigenvalue weighted by molar-refractivity contribution is 5.33. The third-order valence-corrected chi connectivity index (χ3v) is 1.93. The summed E-state index contributed by atoms with van der Waals surface area (Å²) in [5.74, 6) is -0.986. The largest absolute Gasteiger partial charge is 0.386 e. The summed E-state index contributed by atoms with van der Waals surface area (Å²) in [5, 5.41) is 9.54. The molecule has 0 saturated carbocycles. The summed E-state index contributed by atoms with van der Waals surface area (Å²) in [6.07, 6.45) is -2.92. The van der Waals surface area contributed by atoms with Crippen molar-refractivity contribution in [1.82, 2.24) is 0 Å². The van der Waals surface area contributed by atoms with Crippen molar-refractivity contribution in [3.05, 3.63) is 35.1 Å². The number of benzene rings is 1. The van der Waals surface area contributed by atoms with Crippen molar-refractivity contribution < 1.29 is 18.3 Å². The quantitative estimate of drug-likeness (QED) is 0.785. The molecule has 0 aliphatic heterocycles. The van der Waals surface area contributed by atoms with Gasteiger partial charge in [-0.05, 0) is 25.5 Å². The average molecular weight is 204 g/mol. The first-order valence-electron chi connectivity index (χ1n) is 4.13. The number of rotatable bonds is 2. The third kappa shape index (κ3) is 2.07. The molecule has 78 valence electrons. The predicted molar refractivity (Wildman–Crippen MR) is 46.6 cm³/mol. The van der Waals surface area contributed by atoms with Crippen LogP contribution in [0.15, 0.2) is 18.2 Å². The summed E-state index contributed by atoms with van der Waals surface area (Å²) in [7, 11) is 0. The van der Waals surface area contributed by atoms with Crippen molar-refractivity contribution >= 4 is 0 Å². The average Bonchev–Trinajstić information content (AvgIpc) is 2.01. The van der Waals surface area contributed by atoms with E-state index in [1.807, 2.05) is 0 Å². The van der Waals surface area contributed by atoms with Gasteiger partial charge in [0.15, 0.2) is 0 Å². The van der Waals surface area contributed by atoms with Gasteiger partial charge in [0.05, 0.1) is 11.2 Å². The second kappa shape index (κ2) is 3.61. The van der Waals surface area contributed by atoms with Crippen molar-refractivity contribution in [2.45, 2.75) is 25.9 Å². The van der Waals surface area contributed by atoms with Gasteiger partial charge in [0.25, 0.3) is 6.43 Å². The van der Waals surface area contributed by atoms with Gasteiger partial charge < -0.3 is 5.11 Å². The number of halogens is 3. The van der Waals surface area contributed by atoms with Crippen LogP contribution in [0.4, 0.5) is 13.2 Å². The van der Waals surface area contributed by atoms with Crippen LogP contribution in [0.2, 0.25) is 0 Å². The molecule has 0 heterocycles. The third-order valence-electron chi connectivity index (χ3n) is 1.93. The Bertz CT molecular complexity index is 329. The molecule has 4 heteroatoms. The number of alkyl halides is 2. The van der Waals surface area contributed by atoms with E-state index in [0.29, 0.717) is 0 Å². The second-order valence-corrected chi connectivity index (χ2v) is 3.56. The molecule has 0 aliphatic carbocycles. The molecule has 0 bridgehead atoms. The molecule has 0 aliphatic rings. The van der Waals surface area contributed by atoms with E-state index in [-0.39, 0.29) is 5.56 Å². The van der Waals surface area contributed by atoms with E-state index in [0.717, 1.165) is 6.07 Å². The van der Waals surface area contributed by atoms with E-state index in [4.69, 9.17) is 0 Å². The minimum absolute atomic E-state index is 0.0764.